The molecular weight excluding hydrogens is 238 g/mol. The van der Waals surface area contributed by atoms with Crippen LogP contribution in [0.1, 0.15) is 12.5 Å². The molecule has 17 heavy (non-hydrogen) atoms. The van der Waals surface area contributed by atoms with Crippen molar-refractivity contribution in [1.82, 2.24) is 9.78 Å². The van der Waals surface area contributed by atoms with Crippen molar-refractivity contribution >= 4 is 17.3 Å². The number of rotatable bonds is 4. The first-order chi connectivity index (χ1) is 8.19. The van der Waals surface area contributed by atoms with E-state index in [9.17, 15) is 0 Å². The molecule has 0 spiro atoms. The molecule has 0 radical (unpaired) electrons. The van der Waals surface area contributed by atoms with E-state index in [2.05, 4.69) is 5.10 Å². The van der Waals surface area contributed by atoms with Gasteiger partial charge in [0.2, 0.25) is 0 Å². The number of hydrogen-bond acceptors (Lipinski definition) is 3. The Hall–Kier alpha value is -1.68. The zero-order chi connectivity index (χ0) is 12.3. The van der Waals surface area contributed by atoms with E-state index in [1.165, 1.54) is 0 Å². The smallest absolute Gasteiger partial charge is 0.140 e. The molecule has 0 aliphatic rings. The normalized spacial score (nSPS) is 10.5. The maximum Gasteiger partial charge on any atom is 0.140 e. The van der Waals surface area contributed by atoms with Crippen molar-refractivity contribution in [3.05, 3.63) is 41.2 Å². The van der Waals surface area contributed by atoms with Gasteiger partial charge in [-0.2, -0.15) is 5.10 Å². The fraction of sp³-hybridized carbons (Fsp3) is 0.250. The van der Waals surface area contributed by atoms with Gasteiger partial charge in [-0.15, -0.1) is 0 Å². The van der Waals surface area contributed by atoms with Crippen molar-refractivity contribution in [2.45, 2.75) is 20.1 Å². The van der Waals surface area contributed by atoms with E-state index in [0.717, 1.165) is 12.1 Å². The summed E-state index contributed by atoms with van der Waals surface area (Å²) in [4.78, 5) is 0. The predicted molar refractivity (Wildman–Crippen MR) is 68.1 cm³/mol. The summed E-state index contributed by atoms with van der Waals surface area (Å²) in [5.41, 5.74) is 7.30. The number of aryl methyl sites for hydroxylation is 1. The predicted octanol–water partition coefficient (Wildman–Crippen LogP) is 2.72. The minimum Gasteiger partial charge on any atom is -0.487 e. The molecule has 2 aromatic rings. The SMILES string of the molecule is CCn1cc(COc2cc(N)ccc2Cl)cn1. The lowest BCUT2D eigenvalue weighted by Gasteiger charge is -2.07. The van der Waals surface area contributed by atoms with E-state index < -0.39 is 0 Å². The molecule has 1 aromatic heterocycles. The van der Waals surface area contributed by atoms with Gasteiger partial charge in [0, 0.05) is 30.1 Å². The van der Waals surface area contributed by atoms with Crippen LogP contribution in [0.3, 0.4) is 0 Å². The first kappa shape index (κ1) is 11.8. The lowest BCUT2D eigenvalue weighted by Crippen LogP contribution is -1.96. The number of nitrogen functional groups attached to an aromatic ring is 1. The Morgan fingerprint density at radius 3 is 3.00 bits per heavy atom. The molecule has 1 heterocycles. The average molecular weight is 252 g/mol. The van der Waals surface area contributed by atoms with Crippen LogP contribution in [0.2, 0.25) is 5.02 Å². The van der Waals surface area contributed by atoms with Crippen LogP contribution in [0.4, 0.5) is 5.69 Å². The first-order valence-electron chi connectivity index (χ1n) is 5.38. The number of benzene rings is 1. The standard InChI is InChI=1S/C12H14ClN3O/c1-2-16-7-9(6-15-16)8-17-12-5-10(14)3-4-11(12)13/h3-7H,2,8,14H2,1H3. The van der Waals surface area contributed by atoms with Crippen molar-refractivity contribution in [3.63, 3.8) is 0 Å². The number of ether oxygens (including phenoxy) is 1. The molecule has 90 valence electrons. The van der Waals surface area contributed by atoms with E-state index >= 15 is 0 Å². The van der Waals surface area contributed by atoms with E-state index in [0.29, 0.717) is 23.1 Å². The Morgan fingerprint density at radius 1 is 1.47 bits per heavy atom. The van der Waals surface area contributed by atoms with Gasteiger partial charge in [0.1, 0.15) is 12.4 Å². The summed E-state index contributed by atoms with van der Waals surface area (Å²) in [6, 6.07) is 5.18. The van der Waals surface area contributed by atoms with Gasteiger partial charge >= 0.3 is 0 Å². The highest BCUT2D eigenvalue weighted by molar-refractivity contribution is 6.32. The second-order valence-electron chi connectivity index (χ2n) is 3.68. The summed E-state index contributed by atoms with van der Waals surface area (Å²) >= 11 is 5.99. The summed E-state index contributed by atoms with van der Waals surface area (Å²) in [7, 11) is 0. The Bertz CT molecular complexity index is 510. The molecule has 0 aliphatic carbocycles. The fourth-order valence-corrected chi connectivity index (χ4v) is 1.62. The summed E-state index contributed by atoms with van der Waals surface area (Å²) in [6.45, 7) is 3.31. The van der Waals surface area contributed by atoms with Crippen LogP contribution in [-0.2, 0) is 13.2 Å². The quantitative estimate of drug-likeness (QED) is 0.850. The zero-order valence-corrected chi connectivity index (χ0v) is 10.3. The van der Waals surface area contributed by atoms with Crippen LogP contribution >= 0.6 is 11.6 Å². The highest BCUT2D eigenvalue weighted by atomic mass is 35.5. The molecule has 0 bridgehead atoms. The third kappa shape index (κ3) is 2.91. The Morgan fingerprint density at radius 2 is 2.29 bits per heavy atom. The lowest BCUT2D eigenvalue weighted by atomic mass is 10.3. The number of nitrogens with zero attached hydrogens (tertiary/aromatic N) is 2. The van der Waals surface area contributed by atoms with Gasteiger partial charge in [-0.3, -0.25) is 4.68 Å². The molecule has 1 aromatic carbocycles. The molecule has 5 heteroatoms. The second kappa shape index (κ2) is 5.10. The van der Waals surface area contributed by atoms with E-state index in [-0.39, 0.29) is 0 Å². The van der Waals surface area contributed by atoms with Crippen molar-refractivity contribution in [2.75, 3.05) is 5.73 Å². The van der Waals surface area contributed by atoms with Gasteiger partial charge in [-0.05, 0) is 19.1 Å². The van der Waals surface area contributed by atoms with Crippen LogP contribution in [-0.4, -0.2) is 9.78 Å². The highest BCUT2D eigenvalue weighted by Gasteiger charge is 2.03. The monoisotopic (exact) mass is 251 g/mol. The van der Waals surface area contributed by atoms with E-state index in [1.54, 1.807) is 24.4 Å². The minimum absolute atomic E-state index is 0.434. The average Bonchev–Trinajstić information content (AvgIpc) is 2.78. The maximum atomic E-state index is 5.99. The van der Waals surface area contributed by atoms with Gasteiger partial charge in [0.15, 0.2) is 0 Å². The molecule has 0 saturated heterocycles. The van der Waals surface area contributed by atoms with E-state index in [4.69, 9.17) is 22.1 Å². The Balaban J connectivity index is 2.04. The minimum atomic E-state index is 0.434. The van der Waals surface area contributed by atoms with Crippen molar-refractivity contribution in [3.8, 4) is 5.75 Å². The van der Waals surface area contributed by atoms with Crippen LogP contribution in [0, 0.1) is 0 Å². The van der Waals surface area contributed by atoms with E-state index in [1.807, 2.05) is 17.8 Å². The summed E-state index contributed by atoms with van der Waals surface area (Å²) in [5, 5.41) is 4.72. The van der Waals surface area contributed by atoms with Gasteiger partial charge < -0.3 is 10.5 Å². The van der Waals surface area contributed by atoms with Gasteiger partial charge in [0.25, 0.3) is 0 Å². The Labute approximate surface area is 105 Å². The topological polar surface area (TPSA) is 53.1 Å². The third-order valence-electron chi connectivity index (χ3n) is 2.36. The van der Waals surface area contributed by atoms with Crippen molar-refractivity contribution in [1.29, 1.82) is 0 Å². The summed E-state index contributed by atoms with van der Waals surface area (Å²) in [5.74, 6) is 0.593. The van der Waals surface area contributed by atoms with Crippen LogP contribution in [0.15, 0.2) is 30.6 Å². The molecule has 0 fully saturated rings. The van der Waals surface area contributed by atoms with Gasteiger partial charge in [0.05, 0.1) is 11.2 Å². The molecule has 2 rings (SSSR count). The van der Waals surface area contributed by atoms with Crippen molar-refractivity contribution < 1.29 is 4.74 Å². The third-order valence-corrected chi connectivity index (χ3v) is 2.67. The largest absolute Gasteiger partial charge is 0.487 e. The van der Waals surface area contributed by atoms with Crippen LogP contribution < -0.4 is 10.5 Å². The molecule has 0 saturated carbocycles. The molecule has 0 unspecified atom stereocenters. The fourth-order valence-electron chi connectivity index (χ4n) is 1.45. The summed E-state index contributed by atoms with van der Waals surface area (Å²) in [6.07, 6.45) is 3.73. The van der Waals surface area contributed by atoms with Crippen LogP contribution in [0.5, 0.6) is 5.75 Å². The molecule has 4 nitrogen and oxygen atoms in total. The summed E-state index contributed by atoms with van der Waals surface area (Å²) < 4.78 is 7.44. The molecular formula is C12H14ClN3O. The first-order valence-corrected chi connectivity index (χ1v) is 5.76. The maximum absolute atomic E-state index is 5.99. The Kier molecular flexibility index (Phi) is 3.54. The van der Waals surface area contributed by atoms with Gasteiger partial charge in [-0.25, -0.2) is 0 Å². The number of anilines is 1. The lowest BCUT2D eigenvalue weighted by molar-refractivity contribution is 0.306. The van der Waals surface area contributed by atoms with Crippen molar-refractivity contribution in [2.24, 2.45) is 0 Å². The van der Waals surface area contributed by atoms with Crippen LogP contribution in [0.25, 0.3) is 0 Å². The zero-order valence-electron chi connectivity index (χ0n) is 9.56. The van der Waals surface area contributed by atoms with Gasteiger partial charge in [-0.1, -0.05) is 11.6 Å². The molecule has 0 amide bonds. The molecule has 0 atom stereocenters. The number of hydrogen-bond donors (Lipinski definition) is 1. The molecule has 2 N–H and O–H groups in total. The second-order valence-corrected chi connectivity index (χ2v) is 4.09. The highest BCUT2D eigenvalue weighted by Crippen LogP contribution is 2.27. The number of halogens is 1. The molecule has 0 aliphatic heterocycles. The number of nitrogens with two attached hydrogens (primary N) is 1. The number of aromatic nitrogens is 2.